The van der Waals surface area contributed by atoms with Crippen LogP contribution in [0.5, 0.6) is 5.75 Å². The molecule has 1 N–H and O–H groups in total. The van der Waals surface area contributed by atoms with Crippen LogP contribution >= 0.6 is 0 Å². The van der Waals surface area contributed by atoms with Crippen molar-refractivity contribution in [3.63, 3.8) is 0 Å². The Hall–Kier alpha value is -3.86. The van der Waals surface area contributed by atoms with Gasteiger partial charge >= 0.3 is 0 Å². The molecule has 32 heavy (non-hydrogen) atoms. The zero-order chi connectivity index (χ0) is 22.3. The molecule has 0 saturated carbocycles. The summed E-state index contributed by atoms with van der Waals surface area (Å²) in [5.41, 5.74) is 4.28. The molecular formula is C27H27N3O2. The van der Waals surface area contributed by atoms with Gasteiger partial charge in [0, 0.05) is 11.6 Å². The van der Waals surface area contributed by atoms with Gasteiger partial charge < -0.3 is 10.1 Å². The number of carbonyl (C=O) groups excluding carboxylic acids is 1. The summed E-state index contributed by atoms with van der Waals surface area (Å²) in [5, 5.41) is 7.88. The van der Waals surface area contributed by atoms with Crippen molar-refractivity contribution >= 4 is 5.91 Å². The standard InChI is InChI=1S/C27H27N3O2/c1-20(13-14-21-9-5-3-6-10-21)28-27(31)26-19-25(22-15-17-24(32-2)18-16-22)29-30(26)23-11-7-4-8-12-23/h3-12,15-20H,13-14H2,1-2H3,(H,28,31). The Labute approximate surface area is 188 Å². The number of rotatable bonds is 8. The lowest BCUT2D eigenvalue weighted by Crippen LogP contribution is -2.34. The third-order valence-electron chi connectivity index (χ3n) is 5.41. The average molecular weight is 426 g/mol. The predicted molar refractivity (Wildman–Crippen MR) is 127 cm³/mol. The number of nitrogens with zero attached hydrogens (tertiary/aromatic N) is 2. The number of methoxy groups -OCH3 is 1. The zero-order valence-corrected chi connectivity index (χ0v) is 18.4. The third kappa shape index (κ3) is 5.06. The van der Waals surface area contributed by atoms with Gasteiger partial charge in [-0.2, -0.15) is 5.10 Å². The Balaban J connectivity index is 1.56. The van der Waals surface area contributed by atoms with E-state index in [4.69, 9.17) is 9.84 Å². The number of hydrogen-bond donors (Lipinski definition) is 1. The van der Waals surface area contributed by atoms with E-state index in [0.717, 1.165) is 35.5 Å². The van der Waals surface area contributed by atoms with Gasteiger partial charge in [0.25, 0.3) is 5.91 Å². The Kier molecular flexibility index (Phi) is 6.66. The fourth-order valence-corrected chi connectivity index (χ4v) is 3.61. The van der Waals surface area contributed by atoms with Crippen molar-refractivity contribution in [3.8, 4) is 22.7 Å². The summed E-state index contributed by atoms with van der Waals surface area (Å²) in [4.78, 5) is 13.2. The fourth-order valence-electron chi connectivity index (χ4n) is 3.61. The van der Waals surface area contributed by atoms with Crippen LogP contribution in [-0.2, 0) is 6.42 Å². The Morgan fingerprint density at radius 2 is 1.62 bits per heavy atom. The molecule has 1 unspecified atom stereocenters. The predicted octanol–water partition coefficient (Wildman–Crippen LogP) is 5.30. The monoisotopic (exact) mass is 425 g/mol. The number of benzene rings is 3. The first kappa shape index (κ1) is 21.4. The van der Waals surface area contributed by atoms with E-state index in [-0.39, 0.29) is 11.9 Å². The minimum absolute atomic E-state index is 0.0336. The molecule has 1 aromatic heterocycles. The van der Waals surface area contributed by atoms with Crippen LogP contribution in [0.2, 0.25) is 0 Å². The quantitative estimate of drug-likeness (QED) is 0.417. The maximum Gasteiger partial charge on any atom is 0.270 e. The van der Waals surface area contributed by atoms with E-state index in [0.29, 0.717) is 5.69 Å². The molecule has 0 saturated heterocycles. The minimum Gasteiger partial charge on any atom is -0.497 e. The van der Waals surface area contributed by atoms with Crippen molar-refractivity contribution in [2.45, 2.75) is 25.8 Å². The first-order valence-corrected chi connectivity index (χ1v) is 10.8. The van der Waals surface area contributed by atoms with Crippen molar-refractivity contribution in [1.82, 2.24) is 15.1 Å². The van der Waals surface area contributed by atoms with E-state index in [2.05, 4.69) is 17.4 Å². The molecule has 0 fully saturated rings. The molecule has 0 aliphatic rings. The summed E-state index contributed by atoms with van der Waals surface area (Å²) in [6.45, 7) is 2.04. The molecule has 5 heteroatoms. The first-order valence-electron chi connectivity index (χ1n) is 10.8. The average Bonchev–Trinajstić information content (AvgIpc) is 3.30. The van der Waals surface area contributed by atoms with Crippen molar-refractivity contribution in [2.75, 3.05) is 7.11 Å². The van der Waals surface area contributed by atoms with Crippen molar-refractivity contribution < 1.29 is 9.53 Å². The minimum atomic E-state index is -0.137. The van der Waals surface area contributed by atoms with E-state index in [1.165, 1.54) is 5.56 Å². The van der Waals surface area contributed by atoms with Crippen LogP contribution in [0.4, 0.5) is 0 Å². The van der Waals surface area contributed by atoms with Crippen molar-refractivity contribution in [1.29, 1.82) is 0 Å². The van der Waals surface area contributed by atoms with Crippen LogP contribution in [0.15, 0.2) is 91.0 Å². The van der Waals surface area contributed by atoms with E-state index in [1.54, 1.807) is 11.8 Å². The summed E-state index contributed by atoms with van der Waals surface area (Å²) in [6, 6.07) is 29.6. The zero-order valence-electron chi connectivity index (χ0n) is 18.4. The van der Waals surface area contributed by atoms with Gasteiger partial charge in [0.05, 0.1) is 18.5 Å². The second kappa shape index (κ2) is 9.96. The van der Waals surface area contributed by atoms with Gasteiger partial charge in [-0.1, -0.05) is 48.5 Å². The van der Waals surface area contributed by atoms with E-state index in [1.807, 2.05) is 85.8 Å². The number of para-hydroxylation sites is 1. The van der Waals surface area contributed by atoms with Gasteiger partial charge in [-0.05, 0) is 67.8 Å². The highest BCUT2D eigenvalue weighted by atomic mass is 16.5. The maximum absolute atomic E-state index is 13.2. The summed E-state index contributed by atoms with van der Waals surface area (Å²) >= 11 is 0. The first-order chi connectivity index (χ1) is 15.6. The van der Waals surface area contributed by atoms with Gasteiger partial charge in [0.1, 0.15) is 11.4 Å². The number of carbonyl (C=O) groups is 1. The highest BCUT2D eigenvalue weighted by Gasteiger charge is 2.19. The topological polar surface area (TPSA) is 56.1 Å². The molecule has 1 atom stereocenters. The molecule has 0 spiro atoms. The highest BCUT2D eigenvalue weighted by Crippen LogP contribution is 2.24. The smallest absolute Gasteiger partial charge is 0.270 e. The summed E-state index contributed by atoms with van der Waals surface area (Å²) < 4.78 is 6.96. The second-order valence-corrected chi connectivity index (χ2v) is 7.79. The molecule has 1 heterocycles. The van der Waals surface area contributed by atoms with Gasteiger partial charge in [-0.15, -0.1) is 0 Å². The van der Waals surface area contributed by atoms with Crippen LogP contribution in [0.25, 0.3) is 16.9 Å². The molecule has 3 aromatic carbocycles. The molecule has 4 rings (SSSR count). The number of ether oxygens (including phenoxy) is 1. The summed E-state index contributed by atoms with van der Waals surface area (Å²) in [5.74, 6) is 0.642. The second-order valence-electron chi connectivity index (χ2n) is 7.79. The maximum atomic E-state index is 13.2. The fraction of sp³-hybridized carbons (Fsp3) is 0.185. The normalized spacial score (nSPS) is 11.7. The Bertz CT molecular complexity index is 1150. The Morgan fingerprint density at radius 1 is 0.969 bits per heavy atom. The molecule has 162 valence electrons. The van der Waals surface area contributed by atoms with Crippen molar-refractivity contribution in [2.24, 2.45) is 0 Å². The lowest BCUT2D eigenvalue weighted by Gasteiger charge is -2.14. The van der Waals surface area contributed by atoms with E-state index >= 15 is 0 Å². The number of aryl methyl sites for hydroxylation is 1. The lowest BCUT2D eigenvalue weighted by molar-refractivity contribution is 0.0930. The van der Waals surface area contributed by atoms with Gasteiger partial charge in [0.2, 0.25) is 0 Å². The molecule has 5 nitrogen and oxygen atoms in total. The third-order valence-corrected chi connectivity index (χ3v) is 5.41. The van der Waals surface area contributed by atoms with Crippen LogP contribution in [0, 0.1) is 0 Å². The largest absolute Gasteiger partial charge is 0.497 e. The van der Waals surface area contributed by atoms with Gasteiger partial charge in [0.15, 0.2) is 0 Å². The SMILES string of the molecule is COc1ccc(-c2cc(C(=O)NC(C)CCc3ccccc3)n(-c3ccccc3)n2)cc1. The number of amides is 1. The summed E-state index contributed by atoms with van der Waals surface area (Å²) in [6.07, 6.45) is 1.78. The molecule has 0 aliphatic heterocycles. The van der Waals surface area contributed by atoms with Gasteiger partial charge in [-0.25, -0.2) is 4.68 Å². The lowest BCUT2D eigenvalue weighted by atomic mass is 10.1. The van der Waals surface area contributed by atoms with Crippen LogP contribution in [0.3, 0.4) is 0 Å². The van der Waals surface area contributed by atoms with Crippen molar-refractivity contribution in [3.05, 3.63) is 102 Å². The number of aromatic nitrogens is 2. The molecule has 0 radical (unpaired) electrons. The Morgan fingerprint density at radius 3 is 2.28 bits per heavy atom. The molecule has 0 aliphatic carbocycles. The van der Waals surface area contributed by atoms with E-state index in [9.17, 15) is 4.79 Å². The molecule has 1 amide bonds. The molecule has 0 bridgehead atoms. The molecular weight excluding hydrogens is 398 g/mol. The summed E-state index contributed by atoms with van der Waals surface area (Å²) in [7, 11) is 1.64. The van der Waals surface area contributed by atoms with Gasteiger partial charge in [-0.3, -0.25) is 4.79 Å². The number of hydrogen-bond acceptors (Lipinski definition) is 3. The number of nitrogens with one attached hydrogen (secondary N) is 1. The molecule has 4 aromatic rings. The van der Waals surface area contributed by atoms with E-state index < -0.39 is 0 Å². The van der Waals surface area contributed by atoms with Crippen LogP contribution in [-0.4, -0.2) is 28.8 Å². The van der Waals surface area contributed by atoms with Crippen LogP contribution < -0.4 is 10.1 Å². The van der Waals surface area contributed by atoms with Crippen LogP contribution in [0.1, 0.15) is 29.4 Å². The highest BCUT2D eigenvalue weighted by molar-refractivity contribution is 5.94.